The van der Waals surface area contributed by atoms with E-state index in [-0.39, 0.29) is 5.91 Å². The molecule has 1 N–H and O–H groups in total. The molecule has 3 heteroatoms. The number of piperidine rings is 1. The van der Waals surface area contributed by atoms with Crippen molar-refractivity contribution in [3.8, 4) is 0 Å². The molecule has 1 amide bonds. The molecule has 1 unspecified atom stereocenters. The first-order valence-corrected chi connectivity index (χ1v) is 6.55. The Hall–Kier alpha value is -0.570. The molecule has 1 aliphatic carbocycles. The zero-order valence-corrected chi connectivity index (χ0v) is 10.6. The van der Waals surface area contributed by atoms with Gasteiger partial charge < -0.3 is 10.2 Å². The lowest BCUT2D eigenvalue weighted by atomic mass is 9.66. The average molecular weight is 224 g/mol. The minimum Gasteiger partial charge on any atom is -0.354 e. The van der Waals surface area contributed by atoms with Crippen molar-refractivity contribution in [2.24, 2.45) is 5.41 Å². The van der Waals surface area contributed by atoms with Gasteiger partial charge in [0.05, 0.1) is 0 Å². The number of nitrogens with one attached hydrogen (secondary N) is 1. The highest BCUT2D eigenvalue weighted by Gasteiger charge is 2.38. The monoisotopic (exact) mass is 224 g/mol. The third-order valence-corrected chi connectivity index (χ3v) is 4.39. The molecular formula is C13H24N2O. The smallest absolute Gasteiger partial charge is 0.217 e. The SMILES string of the molecule is CC(=O)NC1CCCC2(CCN(C)CC2)C1. The van der Waals surface area contributed by atoms with Crippen LogP contribution >= 0.6 is 0 Å². The molecule has 1 aliphatic heterocycles. The lowest BCUT2D eigenvalue weighted by Gasteiger charge is -2.46. The van der Waals surface area contributed by atoms with Crippen molar-refractivity contribution < 1.29 is 4.79 Å². The Balaban J connectivity index is 1.92. The molecule has 16 heavy (non-hydrogen) atoms. The van der Waals surface area contributed by atoms with E-state index in [4.69, 9.17) is 0 Å². The van der Waals surface area contributed by atoms with Gasteiger partial charge in [-0.2, -0.15) is 0 Å². The highest BCUT2D eigenvalue weighted by Crippen LogP contribution is 2.44. The van der Waals surface area contributed by atoms with Gasteiger partial charge in [0, 0.05) is 13.0 Å². The predicted octanol–water partition coefficient (Wildman–Crippen LogP) is 1.78. The van der Waals surface area contributed by atoms with Gasteiger partial charge in [0.15, 0.2) is 0 Å². The summed E-state index contributed by atoms with van der Waals surface area (Å²) in [4.78, 5) is 13.5. The summed E-state index contributed by atoms with van der Waals surface area (Å²) in [6, 6.07) is 0.439. The number of carbonyl (C=O) groups is 1. The summed E-state index contributed by atoms with van der Waals surface area (Å²) in [7, 11) is 2.21. The zero-order chi connectivity index (χ0) is 11.6. The maximum atomic E-state index is 11.1. The van der Waals surface area contributed by atoms with E-state index in [1.165, 1.54) is 51.6 Å². The summed E-state index contributed by atoms with van der Waals surface area (Å²) < 4.78 is 0. The first-order valence-electron chi connectivity index (χ1n) is 6.55. The van der Waals surface area contributed by atoms with E-state index in [1.807, 2.05) is 0 Å². The van der Waals surface area contributed by atoms with Crippen LogP contribution in [0, 0.1) is 5.41 Å². The number of hydrogen-bond donors (Lipinski definition) is 1. The summed E-state index contributed by atoms with van der Waals surface area (Å²) in [5.74, 6) is 0.134. The van der Waals surface area contributed by atoms with Gasteiger partial charge in [0.2, 0.25) is 5.91 Å². The molecule has 1 atom stereocenters. The molecule has 92 valence electrons. The van der Waals surface area contributed by atoms with Gasteiger partial charge in [0.25, 0.3) is 0 Å². The van der Waals surface area contributed by atoms with Crippen molar-refractivity contribution >= 4 is 5.91 Å². The molecule has 0 radical (unpaired) electrons. The molecule has 1 spiro atoms. The number of rotatable bonds is 1. The predicted molar refractivity (Wildman–Crippen MR) is 65.2 cm³/mol. The van der Waals surface area contributed by atoms with Gasteiger partial charge in [-0.05, 0) is 57.7 Å². The molecule has 0 aromatic carbocycles. The number of nitrogens with zero attached hydrogens (tertiary/aromatic N) is 1. The minimum atomic E-state index is 0.134. The van der Waals surface area contributed by atoms with E-state index in [2.05, 4.69) is 17.3 Å². The second kappa shape index (κ2) is 4.74. The Labute approximate surface area is 98.6 Å². The van der Waals surface area contributed by atoms with Crippen molar-refractivity contribution in [1.82, 2.24) is 10.2 Å². The van der Waals surface area contributed by atoms with Crippen LogP contribution in [-0.2, 0) is 4.79 Å². The van der Waals surface area contributed by atoms with E-state index in [9.17, 15) is 4.79 Å². The van der Waals surface area contributed by atoms with Crippen LogP contribution in [0.1, 0.15) is 45.4 Å². The second-order valence-electron chi connectivity index (χ2n) is 5.80. The maximum absolute atomic E-state index is 11.1. The van der Waals surface area contributed by atoms with E-state index >= 15 is 0 Å². The van der Waals surface area contributed by atoms with Crippen LogP contribution in [0.4, 0.5) is 0 Å². The van der Waals surface area contributed by atoms with Crippen LogP contribution in [-0.4, -0.2) is 37.0 Å². The number of amides is 1. The number of likely N-dealkylation sites (tertiary alicyclic amines) is 1. The summed E-state index contributed by atoms with van der Waals surface area (Å²) >= 11 is 0. The van der Waals surface area contributed by atoms with E-state index < -0.39 is 0 Å². The summed E-state index contributed by atoms with van der Waals surface area (Å²) in [6.07, 6.45) is 7.68. The molecule has 2 aliphatic rings. The number of carbonyl (C=O) groups excluding carboxylic acids is 1. The second-order valence-corrected chi connectivity index (χ2v) is 5.80. The fourth-order valence-corrected chi connectivity index (χ4v) is 3.41. The highest BCUT2D eigenvalue weighted by molar-refractivity contribution is 5.73. The normalized spacial score (nSPS) is 30.2. The summed E-state index contributed by atoms with van der Waals surface area (Å²) in [5, 5.41) is 3.11. The zero-order valence-electron chi connectivity index (χ0n) is 10.6. The number of hydrogen-bond acceptors (Lipinski definition) is 2. The van der Waals surface area contributed by atoms with Crippen LogP contribution in [0.15, 0.2) is 0 Å². The topological polar surface area (TPSA) is 32.3 Å². The molecule has 0 aromatic heterocycles. The molecule has 1 saturated carbocycles. The van der Waals surface area contributed by atoms with Gasteiger partial charge in [-0.3, -0.25) is 4.79 Å². The summed E-state index contributed by atoms with van der Waals surface area (Å²) in [5.41, 5.74) is 0.540. The fraction of sp³-hybridized carbons (Fsp3) is 0.923. The Bertz CT molecular complexity index is 257. The third kappa shape index (κ3) is 2.76. The molecule has 3 nitrogen and oxygen atoms in total. The van der Waals surface area contributed by atoms with Crippen LogP contribution < -0.4 is 5.32 Å². The van der Waals surface area contributed by atoms with Crippen LogP contribution in [0.5, 0.6) is 0 Å². The first kappa shape index (κ1) is 11.9. The molecule has 2 rings (SSSR count). The standard InChI is InChI=1S/C13H24N2O/c1-11(16)14-12-4-3-5-13(10-12)6-8-15(2)9-7-13/h12H,3-10H2,1-2H3,(H,14,16). The van der Waals surface area contributed by atoms with Crippen molar-refractivity contribution in [1.29, 1.82) is 0 Å². The van der Waals surface area contributed by atoms with Crippen molar-refractivity contribution in [2.75, 3.05) is 20.1 Å². The Kier molecular flexibility index (Phi) is 3.53. The molecule has 1 saturated heterocycles. The summed E-state index contributed by atoms with van der Waals surface area (Å²) in [6.45, 7) is 4.09. The van der Waals surface area contributed by atoms with Crippen molar-refractivity contribution in [3.63, 3.8) is 0 Å². The largest absolute Gasteiger partial charge is 0.354 e. The van der Waals surface area contributed by atoms with Gasteiger partial charge in [-0.1, -0.05) is 6.42 Å². The van der Waals surface area contributed by atoms with Gasteiger partial charge in [-0.15, -0.1) is 0 Å². The van der Waals surface area contributed by atoms with Crippen molar-refractivity contribution in [3.05, 3.63) is 0 Å². The molecule has 1 heterocycles. The van der Waals surface area contributed by atoms with Crippen LogP contribution in [0.2, 0.25) is 0 Å². The Morgan fingerprint density at radius 3 is 2.62 bits per heavy atom. The third-order valence-electron chi connectivity index (χ3n) is 4.39. The van der Waals surface area contributed by atoms with E-state index in [0.29, 0.717) is 11.5 Å². The van der Waals surface area contributed by atoms with Crippen LogP contribution in [0.25, 0.3) is 0 Å². The Morgan fingerprint density at radius 1 is 1.31 bits per heavy atom. The van der Waals surface area contributed by atoms with Gasteiger partial charge in [0.1, 0.15) is 0 Å². The van der Waals surface area contributed by atoms with Crippen LogP contribution in [0.3, 0.4) is 0 Å². The molecule has 0 aromatic rings. The molecular weight excluding hydrogens is 200 g/mol. The fourth-order valence-electron chi connectivity index (χ4n) is 3.41. The minimum absolute atomic E-state index is 0.134. The van der Waals surface area contributed by atoms with Gasteiger partial charge in [-0.25, -0.2) is 0 Å². The van der Waals surface area contributed by atoms with Crippen molar-refractivity contribution in [2.45, 2.75) is 51.5 Å². The Morgan fingerprint density at radius 2 is 2.00 bits per heavy atom. The molecule has 0 bridgehead atoms. The average Bonchev–Trinajstić information content (AvgIpc) is 2.22. The quantitative estimate of drug-likeness (QED) is 0.736. The first-order chi connectivity index (χ1) is 7.60. The lowest BCUT2D eigenvalue weighted by molar-refractivity contribution is -0.120. The lowest BCUT2D eigenvalue weighted by Crippen LogP contribution is -2.46. The van der Waals surface area contributed by atoms with Gasteiger partial charge >= 0.3 is 0 Å². The molecule has 2 fully saturated rings. The van der Waals surface area contributed by atoms with E-state index in [1.54, 1.807) is 6.92 Å². The highest BCUT2D eigenvalue weighted by atomic mass is 16.1. The maximum Gasteiger partial charge on any atom is 0.217 e. The van der Waals surface area contributed by atoms with E-state index in [0.717, 1.165) is 0 Å².